The van der Waals surface area contributed by atoms with E-state index in [9.17, 15) is 10.1 Å². The number of hydrogen-bond donors (Lipinski definition) is 1. The fraction of sp³-hybridized carbons (Fsp3) is 0.571. The van der Waals surface area contributed by atoms with Crippen molar-refractivity contribution in [3.05, 3.63) is 38.9 Å². The van der Waals surface area contributed by atoms with Crippen LogP contribution in [0.3, 0.4) is 0 Å². The molecule has 2 unspecified atom stereocenters. The quantitative estimate of drug-likeness (QED) is 0.678. The summed E-state index contributed by atoms with van der Waals surface area (Å²) >= 11 is 5.84. The van der Waals surface area contributed by atoms with Crippen molar-refractivity contribution in [3.63, 3.8) is 0 Å². The molecule has 118 valence electrons. The fourth-order valence-electron chi connectivity index (χ4n) is 2.81. The molecule has 21 heavy (non-hydrogen) atoms. The third kappa shape index (κ3) is 4.54. The molecule has 5 nitrogen and oxygen atoms in total. The molecule has 0 aromatic heterocycles. The minimum Gasteiger partial charge on any atom is -0.329 e. The zero-order valence-electron chi connectivity index (χ0n) is 12.0. The second-order valence-electron chi connectivity index (χ2n) is 5.52. The lowest BCUT2D eigenvalue weighted by molar-refractivity contribution is -0.385. The number of likely N-dealkylation sites (tertiary alicyclic amines) is 1. The molecule has 0 radical (unpaired) electrons. The molecule has 0 aliphatic carbocycles. The Hall–Kier alpha value is -0.880. The zero-order chi connectivity index (χ0) is 14.7. The summed E-state index contributed by atoms with van der Waals surface area (Å²) in [4.78, 5) is 13.0. The van der Waals surface area contributed by atoms with Crippen molar-refractivity contribution in [1.29, 1.82) is 0 Å². The Bertz CT molecular complexity index is 499. The first kappa shape index (κ1) is 18.2. The van der Waals surface area contributed by atoms with E-state index in [1.807, 2.05) is 0 Å². The first-order valence-corrected chi connectivity index (χ1v) is 7.26. The number of nitro groups is 1. The summed E-state index contributed by atoms with van der Waals surface area (Å²) in [7, 11) is 0. The summed E-state index contributed by atoms with van der Waals surface area (Å²) in [5.74, 6) is 0.667. The molecule has 1 fully saturated rings. The molecule has 0 bridgehead atoms. The van der Waals surface area contributed by atoms with Gasteiger partial charge in [0.25, 0.3) is 5.69 Å². The minimum atomic E-state index is -0.370. The van der Waals surface area contributed by atoms with Crippen molar-refractivity contribution < 1.29 is 4.92 Å². The van der Waals surface area contributed by atoms with Gasteiger partial charge < -0.3 is 5.73 Å². The van der Waals surface area contributed by atoms with Crippen molar-refractivity contribution in [2.75, 3.05) is 13.1 Å². The highest BCUT2D eigenvalue weighted by Gasteiger charge is 2.27. The van der Waals surface area contributed by atoms with Gasteiger partial charge in [-0.1, -0.05) is 18.5 Å². The van der Waals surface area contributed by atoms with E-state index in [-0.39, 0.29) is 23.0 Å². The summed E-state index contributed by atoms with van der Waals surface area (Å²) in [6.07, 6.45) is 2.16. The van der Waals surface area contributed by atoms with Crippen molar-refractivity contribution in [1.82, 2.24) is 4.90 Å². The van der Waals surface area contributed by atoms with Crippen LogP contribution in [0, 0.1) is 16.0 Å². The van der Waals surface area contributed by atoms with Gasteiger partial charge in [-0.2, -0.15) is 0 Å². The van der Waals surface area contributed by atoms with Gasteiger partial charge >= 0.3 is 0 Å². The normalized spacial score (nSPS) is 22.6. The highest BCUT2D eigenvalue weighted by atomic mass is 35.5. The third-order valence-electron chi connectivity index (χ3n) is 3.99. The number of halogens is 2. The molecule has 2 atom stereocenters. The number of hydrogen-bond acceptors (Lipinski definition) is 4. The zero-order valence-corrected chi connectivity index (χ0v) is 13.6. The van der Waals surface area contributed by atoms with E-state index in [4.69, 9.17) is 17.3 Å². The molecule has 2 rings (SSSR count). The van der Waals surface area contributed by atoms with E-state index in [2.05, 4.69) is 11.8 Å². The highest BCUT2D eigenvalue weighted by molar-refractivity contribution is 6.30. The van der Waals surface area contributed by atoms with Crippen LogP contribution in [0.15, 0.2) is 18.2 Å². The molecular weight excluding hydrogens is 313 g/mol. The lowest BCUT2D eigenvalue weighted by Gasteiger charge is -2.37. The van der Waals surface area contributed by atoms with Crippen LogP contribution in [0.4, 0.5) is 5.69 Å². The summed E-state index contributed by atoms with van der Waals surface area (Å²) in [5, 5.41) is 11.5. The number of nitrogens with zero attached hydrogens (tertiary/aromatic N) is 2. The third-order valence-corrected chi connectivity index (χ3v) is 4.22. The van der Waals surface area contributed by atoms with Gasteiger partial charge in [-0.25, -0.2) is 0 Å². The SMILES string of the molecule is CC1CCN(Cc2ccc(Cl)cc2[N+](=O)[O-])C(CN)C1.Cl. The van der Waals surface area contributed by atoms with Crippen LogP contribution in [-0.2, 0) is 6.54 Å². The Morgan fingerprint density at radius 1 is 1.52 bits per heavy atom. The maximum Gasteiger partial charge on any atom is 0.275 e. The fourth-order valence-corrected chi connectivity index (χ4v) is 2.98. The number of benzene rings is 1. The number of rotatable bonds is 4. The van der Waals surface area contributed by atoms with Crippen LogP contribution >= 0.6 is 24.0 Å². The Morgan fingerprint density at radius 2 is 2.24 bits per heavy atom. The molecule has 2 N–H and O–H groups in total. The van der Waals surface area contributed by atoms with Gasteiger partial charge in [0.2, 0.25) is 0 Å². The maximum atomic E-state index is 11.1. The standard InChI is InChI=1S/C14H20ClN3O2.ClH/c1-10-4-5-17(13(6-10)8-16)9-11-2-3-12(15)7-14(11)18(19)20;/h2-3,7,10,13H,4-6,8-9,16H2,1H3;1H. The van der Waals surface area contributed by atoms with Crippen molar-refractivity contribution in [3.8, 4) is 0 Å². The molecule has 1 aromatic rings. The number of nitro benzene ring substituents is 1. The van der Waals surface area contributed by atoms with Gasteiger partial charge in [0.15, 0.2) is 0 Å². The van der Waals surface area contributed by atoms with Gasteiger partial charge in [0, 0.05) is 35.8 Å². The molecule has 1 aromatic carbocycles. The minimum absolute atomic E-state index is 0. The summed E-state index contributed by atoms with van der Waals surface area (Å²) < 4.78 is 0. The predicted octanol–water partition coefficient (Wildman–Crippen LogP) is 3.23. The van der Waals surface area contributed by atoms with E-state index in [0.29, 0.717) is 35.6 Å². The molecule has 0 amide bonds. The number of piperidine rings is 1. The van der Waals surface area contributed by atoms with Crippen LogP contribution in [0.5, 0.6) is 0 Å². The summed E-state index contributed by atoms with van der Waals surface area (Å²) in [6.45, 7) is 4.31. The molecule has 7 heteroatoms. The Morgan fingerprint density at radius 3 is 2.86 bits per heavy atom. The second kappa shape index (κ2) is 7.94. The molecule has 1 saturated heterocycles. The molecule has 1 heterocycles. The monoisotopic (exact) mass is 333 g/mol. The van der Waals surface area contributed by atoms with Crippen molar-refractivity contribution >= 4 is 29.7 Å². The average molecular weight is 334 g/mol. The van der Waals surface area contributed by atoms with E-state index in [1.165, 1.54) is 6.07 Å². The van der Waals surface area contributed by atoms with Gasteiger partial charge in [0.1, 0.15) is 0 Å². The summed E-state index contributed by atoms with van der Waals surface area (Å²) in [6, 6.07) is 5.16. The van der Waals surface area contributed by atoms with Crippen LogP contribution in [0.25, 0.3) is 0 Å². The number of nitrogens with two attached hydrogens (primary N) is 1. The smallest absolute Gasteiger partial charge is 0.275 e. The van der Waals surface area contributed by atoms with Gasteiger partial charge in [-0.15, -0.1) is 12.4 Å². The molecule has 0 spiro atoms. The van der Waals surface area contributed by atoms with E-state index in [0.717, 1.165) is 19.4 Å². The van der Waals surface area contributed by atoms with E-state index in [1.54, 1.807) is 12.1 Å². The largest absolute Gasteiger partial charge is 0.329 e. The molecule has 1 aliphatic rings. The molecule has 0 saturated carbocycles. The van der Waals surface area contributed by atoms with Crippen LogP contribution < -0.4 is 5.73 Å². The van der Waals surface area contributed by atoms with Gasteiger partial charge in [0.05, 0.1) is 4.92 Å². The Balaban J connectivity index is 0.00000220. The average Bonchev–Trinajstić information content (AvgIpc) is 2.42. The summed E-state index contributed by atoms with van der Waals surface area (Å²) in [5.41, 5.74) is 6.63. The van der Waals surface area contributed by atoms with Gasteiger partial charge in [-0.05, 0) is 37.4 Å². The van der Waals surface area contributed by atoms with Gasteiger partial charge in [-0.3, -0.25) is 15.0 Å². The maximum absolute atomic E-state index is 11.1. The van der Waals surface area contributed by atoms with Crippen LogP contribution in [0.1, 0.15) is 25.3 Å². The highest BCUT2D eigenvalue weighted by Crippen LogP contribution is 2.28. The lowest BCUT2D eigenvalue weighted by atomic mass is 9.92. The van der Waals surface area contributed by atoms with Crippen LogP contribution in [0.2, 0.25) is 5.02 Å². The first-order chi connectivity index (χ1) is 9.51. The topological polar surface area (TPSA) is 72.4 Å². The molecular formula is C14H21Cl2N3O2. The van der Waals surface area contributed by atoms with Crippen molar-refractivity contribution in [2.24, 2.45) is 11.7 Å². The van der Waals surface area contributed by atoms with E-state index < -0.39 is 0 Å². The van der Waals surface area contributed by atoms with Crippen molar-refractivity contribution in [2.45, 2.75) is 32.4 Å². The predicted molar refractivity (Wildman–Crippen MR) is 87.0 cm³/mol. The Labute approximate surface area is 136 Å². The first-order valence-electron chi connectivity index (χ1n) is 6.88. The van der Waals surface area contributed by atoms with Crippen LogP contribution in [-0.4, -0.2) is 29.0 Å². The second-order valence-corrected chi connectivity index (χ2v) is 5.96. The molecule has 1 aliphatic heterocycles. The lowest BCUT2D eigenvalue weighted by Crippen LogP contribution is -2.45. The Kier molecular flexibility index (Phi) is 6.87. The van der Waals surface area contributed by atoms with E-state index >= 15 is 0 Å².